The van der Waals surface area contributed by atoms with Gasteiger partial charge in [0.15, 0.2) is 5.78 Å². The molecule has 17 heavy (non-hydrogen) atoms. The number of hydrogen-bond donors (Lipinski definition) is 0. The van der Waals surface area contributed by atoms with E-state index in [2.05, 4.69) is 25.7 Å². The Hall–Kier alpha value is -0.410. The summed E-state index contributed by atoms with van der Waals surface area (Å²) in [5, 5.41) is 0. The van der Waals surface area contributed by atoms with Crippen LogP contribution in [0.25, 0.3) is 0 Å². The van der Waals surface area contributed by atoms with Crippen molar-refractivity contribution in [2.45, 2.75) is 65.0 Å². The molecule has 0 aromatic heterocycles. The van der Waals surface area contributed by atoms with Gasteiger partial charge in [0.1, 0.15) is 5.60 Å². The van der Waals surface area contributed by atoms with E-state index in [0.717, 1.165) is 32.4 Å². The molecule has 0 N–H and O–H groups in total. The summed E-state index contributed by atoms with van der Waals surface area (Å²) in [7, 11) is 0. The van der Waals surface area contributed by atoms with Crippen molar-refractivity contribution in [2.75, 3.05) is 19.7 Å². The second kappa shape index (κ2) is 6.50. The average Bonchev–Trinajstić information content (AvgIpc) is 2.35. The van der Waals surface area contributed by atoms with Gasteiger partial charge in [-0.15, -0.1) is 0 Å². The van der Waals surface area contributed by atoms with Gasteiger partial charge in [0.05, 0.1) is 0 Å². The number of ketones is 1. The van der Waals surface area contributed by atoms with Gasteiger partial charge in [-0.3, -0.25) is 4.79 Å². The molecule has 1 heterocycles. The monoisotopic (exact) mass is 241 g/mol. The molecular weight excluding hydrogens is 214 g/mol. The van der Waals surface area contributed by atoms with E-state index >= 15 is 0 Å². The highest BCUT2D eigenvalue weighted by Crippen LogP contribution is 2.29. The molecule has 1 rings (SSSR count). The van der Waals surface area contributed by atoms with E-state index in [1.807, 2.05) is 6.92 Å². The van der Waals surface area contributed by atoms with E-state index in [4.69, 9.17) is 4.74 Å². The first-order chi connectivity index (χ1) is 8.05. The number of piperidine rings is 1. The van der Waals surface area contributed by atoms with Crippen LogP contribution in [0.5, 0.6) is 0 Å². The van der Waals surface area contributed by atoms with Crippen molar-refractivity contribution in [3.8, 4) is 0 Å². The van der Waals surface area contributed by atoms with E-state index < -0.39 is 5.60 Å². The molecule has 3 heteroatoms. The van der Waals surface area contributed by atoms with Crippen molar-refractivity contribution in [3.05, 3.63) is 0 Å². The first-order valence-corrected chi connectivity index (χ1v) is 6.97. The highest BCUT2D eigenvalue weighted by molar-refractivity contribution is 5.87. The second-order valence-corrected chi connectivity index (χ2v) is 5.25. The van der Waals surface area contributed by atoms with Gasteiger partial charge in [-0.05, 0) is 33.1 Å². The number of ether oxygens (including phenoxy) is 1. The van der Waals surface area contributed by atoms with Gasteiger partial charge >= 0.3 is 0 Å². The lowest BCUT2D eigenvalue weighted by Gasteiger charge is -2.42. The highest BCUT2D eigenvalue weighted by atomic mass is 16.5. The van der Waals surface area contributed by atoms with Crippen LogP contribution < -0.4 is 0 Å². The van der Waals surface area contributed by atoms with E-state index in [0.29, 0.717) is 19.1 Å². The zero-order valence-electron chi connectivity index (χ0n) is 11.8. The number of hydrogen-bond acceptors (Lipinski definition) is 3. The summed E-state index contributed by atoms with van der Waals surface area (Å²) in [5.74, 6) is 0.286. The van der Waals surface area contributed by atoms with Crippen molar-refractivity contribution in [2.24, 2.45) is 0 Å². The zero-order chi connectivity index (χ0) is 12.9. The minimum atomic E-state index is -0.476. The number of rotatable bonds is 6. The van der Waals surface area contributed by atoms with Crippen LogP contribution in [-0.4, -0.2) is 42.0 Å². The Morgan fingerprint density at radius 3 is 2.29 bits per heavy atom. The van der Waals surface area contributed by atoms with Crippen molar-refractivity contribution in [1.82, 2.24) is 4.90 Å². The van der Waals surface area contributed by atoms with Crippen molar-refractivity contribution in [1.29, 1.82) is 0 Å². The van der Waals surface area contributed by atoms with Crippen LogP contribution >= 0.6 is 0 Å². The largest absolute Gasteiger partial charge is 0.367 e. The number of nitrogens with zero attached hydrogens (tertiary/aromatic N) is 1. The Balaban J connectivity index is 2.65. The van der Waals surface area contributed by atoms with Crippen LogP contribution in [0.2, 0.25) is 0 Å². The van der Waals surface area contributed by atoms with Gasteiger partial charge in [0, 0.05) is 32.2 Å². The molecule has 0 atom stereocenters. The van der Waals surface area contributed by atoms with E-state index in [9.17, 15) is 4.79 Å². The minimum absolute atomic E-state index is 0.286. The minimum Gasteiger partial charge on any atom is -0.367 e. The Morgan fingerprint density at radius 1 is 1.29 bits per heavy atom. The quantitative estimate of drug-likeness (QED) is 0.716. The third kappa shape index (κ3) is 3.52. The molecule has 0 aliphatic carbocycles. The molecule has 0 saturated carbocycles. The first kappa shape index (κ1) is 14.7. The number of likely N-dealkylation sites (tertiary alicyclic amines) is 1. The van der Waals surface area contributed by atoms with Crippen LogP contribution in [0.15, 0.2) is 0 Å². The maximum absolute atomic E-state index is 12.1. The molecule has 1 fully saturated rings. The third-order valence-corrected chi connectivity index (χ3v) is 3.75. The van der Waals surface area contributed by atoms with Crippen molar-refractivity contribution in [3.63, 3.8) is 0 Å². The molecule has 0 unspecified atom stereocenters. The van der Waals surface area contributed by atoms with Crippen molar-refractivity contribution < 1.29 is 9.53 Å². The summed E-state index contributed by atoms with van der Waals surface area (Å²) < 4.78 is 5.92. The maximum Gasteiger partial charge on any atom is 0.164 e. The molecule has 0 spiro atoms. The summed E-state index contributed by atoms with van der Waals surface area (Å²) >= 11 is 0. The van der Waals surface area contributed by atoms with Crippen LogP contribution in [0, 0.1) is 0 Å². The highest BCUT2D eigenvalue weighted by Gasteiger charge is 2.41. The van der Waals surface area contributed by atoms with E-state index in [1.54, 1.807) is 0 Å². The van der Waals surface area contributed by atoms with Gasteiger partial charge in [-0.25, -0.2) is 0 Å². The Bertz CT molecular complexity index is 243. The fourth-order valence-corrected chi connectivity index (χ4v) is 2.52. The summed E-state index contributed by atoms with van der Waals surface area (Å²) in [6, 6.07) is 0.566. The molecule has 1 saturated heterocycles. The average molecular weight is 241 g/mol. The van der Waals surface area contributed by atoms with Crippen LogP contribution in [0.3, 0.4) is 0 Å². The Kier molecular flexibility index (Phi) is 5.60. The molecule has 1 aliphatic heterocycles. The van der Waals surface area contributed by atoms with Gasteiger partial charge in [0.25, 0.3) is 0 Å². The third-order valence-electron chi connectivity index (χ3n) is 3.75. The fourth-order valence-electron chi connectivity index (χ4n) is 2.52. The smallest absolute Gasteiger partial charge is 0.164 e. The first-order valence-electron chi connectivity index (χ1n) is 6.97. The Labute approximate surface area is 106 Å². The molecule has 0 amide bonds. The van der Waals surface area contributed by atoms with Crippen LogP contribution in [-0.2, 0) is 9.53 Å². The number of Topliss-reactive ketones (excluding diaryl/α,β-unsaturated/α-hetero) is 1. The van der Waals surface area contributed by atoms with Crippen LogP contribution in [0.1, 0.15) is 53.4 Å². The fraction of sp³-hybridized carbons (Fsp3) is 0.929. The predicted octanol–water partition coefficient (Wildman–Crippen LogP) is 2.64. The van der Waals surface area contributed by atoms with Gasteiger partial charge in [-0.2, -0.15) is 0 Å². The summed E-state index contributed by atoms with van der Waals surface area (Å²) in [6.07, 6.45) is 3.29. The number of carbonyl (C=O) groups excluding carboxylic acids is 1. The standard InChI is InChI=1S/C14H27NO2/c1-5-11-17-14(13(16)6-2)7-9-15(10-8-14)12(3)4/h12H,5-11H2,1-4H3. The summed E-state index contributed by atoms with van der Waals surface area (Å²) in [4.78, 5) is 14.6. The predicted molar refractivity (Wildman–Crippen MR) is 70.2 cm³/mol. The topological polar surface area (TPSA) is 29.5 Å². The SMILES string of the molecule is CCCOC1(C(=O)CC)CCN(C(C)C)CC1. The van der Waals surface area contributed by atoms with Gasteiger partial charge in [-0.1, -0.05) is 13.8 Å². The maximum atomic E-state index is 12.1. The van der Waals surface area contributed by atoms with Crippen molar-refractivity contribution >= 4 is 5.78 Å². The Morgan fingerprint density at radius 2 is 1.88 bits per heavy atom. The molecule has 100 valence electrons. The van der Waals surface area contributed by atoms with Crippen LogP contribution in [0.4, 0.5) is 0 Å². The lowest BCUT2D eigenvalue weighted by molar-refractivity contribution is -0.152. The molecular formula is C14H27NO2. The molecule has 0 radical (unpaired) electrons. The number of carbonyl (C=O) groups is 1. The molecule has 1 aliphatic rings. The lowest BCUT2D eigenvalue weighted by Crippen LogP contribution is -2.52. The summed E-state index contributed by atoms with van der Waals surface area (Å²) in [5.41, 5.74) is -0.476. The summed E-state index contributed by atoms with van der Waals surface area (Å²) in [6.45, 7) is 11.1. The second-order valence-electron chi connectivity index (χ2n) is 5.25. The molecule has 0 aromatic carbocycles. The van der Waals surface area contributed by atoms with Gasteiger partial charge < -0.3 is 9.64 Å². The van der Waals surface area contributed by atoms with Gasteiger partial charge in [0.2, 0.25) is 0 Å². The zero-order valence-corrected chi connectivity index (χ0v) is 11.8. The molecule has 0 aromatic rings. The van der Waals surface area contributed by atoms with E-state index in [1.165, 1.54) is 0 Å². The van der Waals surface area contributed by atoms with E-state index in [-0.39, 0.29) is 5.78 Å². The lowest BCUT2D eigenvalue weighted by atomic mass is 9.85. The molecule has 0 bridgehead atoms. The molecule has 3 nitrogen and oxygen atoms in total. The normalized spacial score (nSPS) is 20.8.